The number of anilines is 2. The van der Waals surface area contributed by atoms with Gasteiger partial charge in [0.05, 0.1) is 23.1 Å². The number of hydrogen-bond donors (Lipinski definition) is 1. The second-order valence-corrected chi connectivity index (χ2v) is 7.97. The molecular formula is C28H26N2O3. The summed E-state index contributed by atoms with van der Waals surface area (Å²) < 4.78 is 13.9. The van der Waals surface area contributed by atoms with Crippen LogP contribution in [0.4, 0.5) is 11.6 Å². The number of pyridine rings is 1. The lowest BCUT2D eigenvalue weighted by Crippen LogP contribution is -2.19. The molecule has 0 amide bonds. The zero-order valence-corrected chi connectivity index (χ0v) is 19.0. The van der Waals surface area contributed by atoms with Crippen molar-refractivity contribution in [3.8, 4) is 16.9 Å². The molecule has 5 aromatic rings. The summed E-state index contributed by atoms with van der Waals surface area (Å²) in [6.07, 6.45) is 0. The molecule has 0 unspecified atom stereocenters. The molecule has 166 valence electrons. The Morgan fingerprint density at radius 2 is 1.67 bits per heavy atom. The van der Waals surface area contributed by atoms with Gasteiger partial charge in [0.15, 0.2) is 5.58 Å². The van der Waals surface area contributed by atoms with Gasteiger partial charge in [0.1, 0.15) is 5.75 Å². The number of hydrogen-bond acceptors (Lipinski definition) is 4. The van der Waals surface area contributed by atoms with Gasteiger partial charge in [-0.2, -0.15) is 0 Å². The maximum Gasteiger partial charge on any atom is 0.262 e. The minimum atomic E-state index is -0.0586. The fourth-order valence-electron chi connectivity index (χ4n) is 4.37. The predicted molar refractivity (Wildman–Crippen MR) is 135 cm³/mol. The molecule has 2 heterocycles. The lowest BCUT2D eigenvalue weighted by Gasteiger charge is -2.10. The molecule has 0 atom stereocenters. The number of ether oxygens (including phenoxy) is 1. The minimum absolute atomic E-state index is 0.0586. The van der Waals surface area contributed by atoms with Crippen LogP contribution in [0, 0.1) is 6.92 Å². The molecule has 0 aliphatic rings. The minimum Gasteiger partial charge on any atom is -0.494 e. The first-order valence-corrected chi connectivity index (χ1v) is 11.3. The molecule has 5 heteroatoms. The van der Waals surface area contributed by atoms with Crippen LogP contribution in [0.1, 0.15) is 19.4 Å². The van der Waals surface area contributed by atoms with E-state index in [0.29, 0.717) is 30.0 Å². The van der Waals surface area contributed by atoms with E-state index < -0.39 is 0 Å². The van der Waals surface area contributed by atoms with Crippen molar-refractivity contribution in [2.45, 2.75) is 27.3 Å². The Hall–Kier alpha value is -3.99. The van der Waals surface area contributed by atoms with Crippen LogP contribution in [0.15, 0.2) is 82.0 Å². The molecule has 0 bridgehead atoms. The van der Waals surface area contributed by atoms with Crippen molar-refractivity contribution in [3.63, 3.8) is 0 Å². The largest absolute Gasteiger partial charge is 0.494 e. The molecule has 33 heavy (non-hydrogen) atoms. The SMILES string of the molecule is CCOc1ccc(-c2c(Nc3ccccc3C)oc3c2c(=O)n(CC)c2ccccc32)cc1. The molecule has 2 aromatic heterocycles. The van der Waals surface area contributed by atoms with E-state index in [0.717, 1.165) is 39.0 Å². The predicted octanol–water partition coefficient (Wildman–Crippen LogP) is 6.89. The van der Waals surface area contributed by atoms with E-state index in [1.165, 1.54) is 0 Å². The van der Waals surface area contributed by atoms with Crippen molar-refractivity contribution >= 4 is 33.4 Å². The summed E-state index contributed by atoms with van der Waals surface area (Å²) in [6.45, 7) is 7.16. The van der Waals surface area contributed by atoms with Gasteiger partial charge in [-0.15, -0.1) is 0 Å². The van der Waals surface area contributed by atoms with Gasteiger partial charge in [-0.1, -0.05) is 42.5 Å². The smallest absolute Gasteiger partial charge is 0.262 e. The van der Waals surface area contributed by atoms with Crippen molar-refractivity contribution in [1.82, 2.24) is 4.57 Å². The molecule has 0 fully saturated rings. The van der Waals surface area contributed by atoms with E-state index >= 15 is 0 Å². The lowest BCUT2D eigenvalue weighted by atomic mass is 10.0. The second kappa shape index (κ2) is 8.51. The van der Waals surface area contributed by atoms with Gasteiger partial charge in [0.25, 0.3) is 5.56 Å². The number of para-hydroxylation sites is 2. The quantitative estimate of drug-likeness (QED) is 0.314. The van der Waals surface area contributed by atoms with Gasteiger partial charge in [-0.3, -0.25) is 4.79 Å². The molecule has 0 radical (unpaired) electrons. The Bertz CT molecular complexity index is 1510. The van der Waals surface area contributed by atoms with Gasteiger partial charge in [0.2, 0.25) is 5.88 Å². The fraction of sp³-hybridized carbons (Fsp3) is 0.179. The average molecular weight is 439 g/mol. The van der Waals surface area contributed by atoms with Crippen molar-refractivity contribution in [1.29, 1.82) is 0 Å². The summed E-state index contributed by atoms with van der Waals surface area (Å²) in [4.78, 5) is 13.7. The Kier molecular flexibility index (Phi) is 5.38. The number of aromatic nitrogens is 1. The average Bonchev–Trinajstić information content (AvgIpc) is 3.21. The molecule has 3 aromatic carbocycles. The van der Waals surface area contributed by atoms with Gasteiger partial charge in [0, 0.05) is 17.6 Å². The van der Waals surface area contributed by atoms with E-state index in [9.17, 15) is 4.79 Å². The van der Waals surface area contributed by atoms with Crippen LogP contribution in [0.3, 0.4) is 0 Å². The van der Waals surface area contributed by atoms with Crippen LogP contribution < -0.4 is 15.6 Å². The molecule has 0 spiro atoms. The molecule has 1 N–H and O–H groups in total. The van der Waals surface area contributed by atoms with Crippen molar-refractivity contribution < 1.29 is 9.15 Å². The normalized spacial score (nSPS) is 11.2. The summed E-state index contributed by atoms with van der Waals surface area (Å²) in [5, 5.41) is 4.95. The third-order valence-corrected chi connectivity index (χ3v) is 5.97. The lowest BCUT2D eigenvalue weighted by molar-refractivity contribution is 0.340. The van der Waals surface area contributed by atoms with Crippen LogP contribution in [-0.2, 0) is 6.54 Å². The highest BCUT2D eigenvalue weighted by Gasteiger charge is 2.23. The Morgan fingerprint density at radius 3 is 2.39 bits per heavy atom. The number of nitrogens with zero attached hydrogens (tertiary/aromatic N) is 1. The first-order valence-electron chi connectivity index (χ1n) is 11.3. The van der Waals surface area contributed by atoms with Crippen LogP contribution in [-0.4, -0.2) is 11.2 Å². The molecule has 0 aliphatic carbocycles. The number of furan rings is 1. The van der Waals surface area contributed by atoms with E-state index in [4.69, 9.17) is 9.15 Å². The zero-order valence-electron chi connectivity index (χ0n) is 19.0. The molecule has 0 saturated heterocycles. The molecule has 5 nitrogen and oxygen atoms in total. The molecule has 0 aliphatic heterocycles. The number of rotatable bonds is 6. The second-order valence-electron chi connectivity index (χ2n) is 7.97. The number of fused-ring (bicyclic) bond motifs is 3. The highest BCUT2D eigenvalue weighted by atomic mass is 16.5. The van der Waals surface area contributed by atoms with E-state index in [2.05, 4.69) is 5.32 Å². The van der Waals surface area contributed by atoms with Crippen LogP contribution in [0.5, 0.6) is 5.75 Å². The summed E-state index contributed by atoms with van der Waals surface area (Å²) in [7, 11) is 0. The highest BCUT2D eigenvalue weighted by Crippen LogP contribution is 2.41. The molecular weight excluding hydrogens is 412 g/mol. The van der Waals surface area contributed by atoms with Gasteiger partial charge < -0.3 is 19.0 Å². The maximum atomic E-state index is 13.7. The summed E-state index contributed by atoms with van der Waals surface area (Å²) in [5.41, 5.74) is 5.08. The molecule has 5 rings (SSSR count). The van der Waals surface area contributed by atoms with Crippen LogP contribution >= 0.6 is 0 Å². The van der Waals surface area contributed by atoms with Gasteiger partial charge >= 0.3 is 0 Å². The standard InChI is InChI=1S/C28H26N2O3/c1-4-30-23-13-9-7-11-21(23)26-25(28(30)31)24(19-14-16-20(17-15-19)32-5-2)27(33-26)29-22-12-8-6-10-18(22)3/h6-17,29H,4-5H2,1-3H3. The van der Waals surface area contributed by atoms with Crippen molar-refractivity contribution in [3.05, 3.63) is 88.7 Å². The first kappa shape index (κ1) is 20.9. The topological polar surface area (TPSA) is 56.4 Å². The van der Waals surface area contributed by atoms with Crippen molar-refractivity contribution in [2.75, 3.05) is 11.9 Å². The maximum absolute atomic E-state index is 13.7. The first-order chi connectivity index (χ1) is 16.1. The summed E-state index contributed by atoms with van der Waals surface area (Å²) in [5.74, 6) is 1.35. The third kappa shape index (κ3) is 3.55. The van der Waals surface area contributed by atoms with Crippen LogP contribution in [0.2, 0.25) is 0 Å². The summed E-state index contributed by atoms with van der Waals surface area (Å²) in [6, 6.07) is 23.7. The van der Waals surface area contributed by atoms with E-state index in [1.54, 1.807) is 0 Å². The highest BCUT2D eigenvalue weighted by molar-refractivity contribution is 6.11. The monoisotopic (exact) mass is 438 g/mol. The Morgan fingerprint density at radius 1 is 0.939 bits per heavy atom. The number of benzene rings is 3. The van der Waals surface area contributed by atoms with E-state index in [1.807, 2.05) is 98.1 Å². The van der Waals surface area contributed by atoms with Gasteiger partial charge in [-0.05, 0) is 62.2 Å². The van der Waals surface area contributed by atoms with Crippen molar-refractivity contribution in [2.24, 2.45) is 0 Å². The number of nitrogens with one attached hydrogen (secondary N) is 1. The van der Waals surface area contributed by atoms with Crippen LogP contribution in [0.25, 0.3) is 33.0 Å². The fourth-order valence-corrected chi connectivity index (χ4v) is 4.37. The Labute approximate surface area is 192 Å². The Balaban J connectivity index is 1.84. The zero-order chi connectivity index (χ0) is 22.9. The third-order valence-electron chi connectivity index (χ3n) is 5.97. The number of aryl methyl sites for hydroxylation is 2. The summed E-state index contributed by atoms with van der Waals surface area (Å²) >= 11 is 0. The molecule has 0 saturated carbocycles. The van der Waals surface area contributed by atoms with Gasteiger partial charge in [-0.25, -0.2) is 0 Å². The van der Waals surface area contributed by atoms with E-state index in [-0.39, 0.29) is 5.56 Å².